The minimum Gasteiger partial charge on any atom is -0.324 e. The lowest BCUT2D eigenvalue weighted by atomic mass is 10.2. The van der Waals surface area contributed by atoms with Gasteiger partial charge in [0.05, 0.1) is 23.0 Å². The molecule has 0 aliphatic carbocycles. The van der Waals surface area contributed by atoms with Crippen LogP contribution in [0.25, 0.3) is 10.2 Å². The molecule has 1 aromatic heterocycles. The highest BCUT2D eigenvalue weighted by Gasteiger charge is 2.26. The second-order valence-electron chi connectivity index (χ2n) is 7.12. The average Bonchev–Trinajstić information content (AvgIpc) is 2.96. The van der Waals surface area contributed by atoms with Crippen LogP contribution in [-0.4, -0.2) is 36.3 Å². The number of carbonyl (C=O) groups excluding carboxylic acids is 1. The van der Waals surface area contributed by atoms with Crippen LogP contribution in [0, 0.1) is 0 Å². The molecule has 0 spiro atoms. The van der Waals surface area contributed by atoms with Crippen LogP contribution in [-0.2, 0) is 11.3 Å². The van der Waals surface area contributed by atoms with Crippen molar-refractivity contribution in [2.75, 3.05) is 25.0 Å². The number of nitrogens with one attached hydrogen (secondary N) is 1. The van der Waals surface area contributed by atoms with Gasteiger partial charge >= 0.3 is 0 Å². The second kappa shape index (κ2) is 8.00. The number of quaternary nitrogens is 1. The van der Waals surface area contributed by atoms with Gasteiger partial charge < -0.3 is 9.80 Å². The molecule has 27 heavy (non-hydrogen) atoms. The molecule has 3 aromatic rings. The number of likely N-dealkylation sites (N-methyl/N-ethyl adjacent to an activating group) is 1. The molecule has 2 atom stereocenters. The van der Waals surface area contributed by atoms with E-state index in [9.17, 15) is 4.79 Å². The van der Waals surface area contributed by atoms with Gasteiger partial charge in [0.15, 0.2) is 6.54 Å². The lowest BCUT2D eigenvalue weighted by Crippen LogP contribution is -3.09. The number of fused-ring (bicyclic) bond motifs is 2. The van der Waals surface area contributed by atoms with Crippen LogP contribution in [0.2, 0.25) is 0 Å². The van der Waals surface area contributed by atoms with Crippen LogP contribution in [0.3, 0.4) is 0 Å². The van der Waals surface area contributed by atoms with Crippen molar-refractivity contribution in [1.29, 1.82) is 0 Å². The minimum atomic E-state index is 0.191. The number of amides is 1. The maximum absolute atomic E-state index is 13.1. The van der Waals surface area contributed by atoms with E-state index in [0.717, 1.165) is 35.7 Å². The van der Waals surface area contributed by atoms with Gasteiger partial charge in [-0.25, -0.2) is 4.98 Å². The minimum absolute atomic E-state index is 0.191. The smallest absolute Gasteiger partial charge is 0.282 e. The highest BCUT2D eigenvalue weighted by Crippen LogP contribution is 2.37. The number of hydrogen-bond donors (Lipinski definition) is 1. The van der Waals surface area contributed by atoms with Gasteiger partial charge in [-0.05, 0) is 30.7 Å². The SMILES string of the molecule is C[C@H]1CCN(C(=O)C[NH+](C)Cc2nc3ccccc3s2)c2ccccc2S1. The first-order valence-electron chi connectivity index (χ1n) is 9.32. The number of thioether (sulfide) groups is 1. The molecule has 1 aliphatic rings. The summed E-state index contributed by atoms with van der Waals surface area (Å²) in [5.41, 5.74) is 2.11. The first-order chi connectivity index (χ1) is 13.1. The van der Waals surface area contributed by atoms with Crippen molar-refractivity contribution in [3.8, 4) is 0 Å². The van der Waals surface area contributed by atoms with Crippen molar-refractivity contribution in [1.82, 2.24) is 4.98 Å². The zero-order valence-electron chi connectivity index (χ0n) is 15.6. The number of anilines is 1. The number of aromatic nitrogens is 1. The number of para-hydroxylation sites is 2. The van der Waals surface area contributed by atoms with Crippen molar-refractivity contribution in [2.45, 2.75) is 30.0 Å². The number of carbonyl (C=O) groups is 1. The first kappa shape index (κ1) is 18.5. The summed E-state index contributed by atoms with van der Waals surface area (Å²) in [6.07, 6.45) is 1.02. The molecular formula is C21H24N3OS2+. The molecule has 6 heteroatoms. The third kappa shape index (κ3) is 4.18. The molecule has 0 fully saturated rings. The summed E-state index contributed by atoms with van der Waals surface area (Å²) >= 11 is 3.59. The molecule has 4 rings (SSSR count). The Bertz CT molecular complexity index is 922. The van der Waals surface area contributed by atoms with E-state index in [4.69, 9.17) is 4.98 Å². The van der Waals surface area contributed by atoms with Gasteiger partial charge in [0.25, 0.3) is 5.91 Å². The van der Waals surface area contributed by atoms with E-state index in [2.05, 4.69) is 38.2 Å². The molecule has 1 aliphatic heterocycles. The second-order valence-corrected chi connectivity index (χ2v) is 9.71. The molecule has 4 nitrogen and oxygen atoms in total. The van der Waals surface area contributed by atoms with Crippen LogP contribution >= 0.6 is 23.1 Å². The lowest BCUT2D eigenvalue weighted by molar-refractivity contribution is -0.885. The van der Waals surface area contributed by atoms with Gasteiger partial charge in [-0.1, -0.05) is 31.2 Å². The van der Waals surface area contributed by atoms with Crippen molar-refractivity contribution in [2.24, 2.45) is 0 Å². The zero-order valence-corrected chi connectivity index (χ0v) is 17.3. The monoisotopic (exact) mass is 398 g/mol. The summed E-state index contributed by atoms with van der Waals surface area (Å²) in [6.45, 7) is 4.27. The van der Waals surface area contributed by atoms with E-state index < -0.39 is 0 Å². The first-order valence-corrected chi connectivity index (χ1v) is 11.0. The predicted molar refractivity (Wildman–Crippen MR) is 114 cm³/mol. The zero-order chi connectivity index (χ0) is 18.8. The topological polar surface area (TPSA) is 37.6 Å². The van der Waals surface area contributed by atoms with Crippen LogP contribution in [0.4, 0.5) is 5.69 Å². The summed E-state index contributed by atoms with van der Waals surface area (Å²) in [4.78, 5) is 22.1. The third-order valence-corrected chi connectivity index (χ3v) is 7.06. The van der Waals surface area contributed by atoms with E-state index >= 15 is 0 Å². The van der Waals surface area contributed by atoms with Crippen molar-refractivity contribution >= 4 is 44.9 Å². The Labute approximate surface area is 168 Å². The Balaban J connectivity index is 1.46. The summed E-state index contributed by atoms with van der Waals surface area (Å²) < 4.78 is 1.21. The van der Waals surface area contributed by atoms with Crippen LogP contribution in [0.5, 0.6) is 0 Å². The molecule has 140 valence electrons. The van der Waals surface area contributed by atoms with Gasteiger partial charge in [0.2, 0.25) is 0 Å². The number of nitrogens with zero attached hydrogens (tertiary/aromatic N) is 2. The maximum atomic E-state index is 13.1. The lowest BCUT2D eigenvalue weighted by Gasteiger charge is -2.23. The quantitative estimate of drug-likeness (QED) is 0.733. The third-order valence-electron chi connectivity index (χ3n) is 4.79. The Kier molecular flexibility index (Phi) is 5.48. The molecule has 0 bridgehead atoms. The molecule has 0 radical (unpaired) electrons. The Hall–Kier alpha value is -1.89. The fourth-order valence-electron chi connectivity index (χ4n) is 3.42. The van der Waals surface area contributed by atoms with Crippen molar-refractivity contribution < 1.29 is 9.69 Å². The molecular weight excluding hydrogens is 374 g/mol. The molecule has 1 unspecified atom stereocenters. The fourth-order valence-corrected chi connectivity index (χ4v) is 5.61. The van der Waals surface area contributed by atoms with Crippen molar-refractivity contribution in [3.05, 3.63) is 53.5 Å². The molecule has 1 amide bonds. The molecule has 1 N–H and O–H groups in total. The van der Waals surface area contributed by atoms with E-state index in [-0.39, 0.29) is 5.91 Å². The standard InChI is InChI=1S/C21H23N3OS2/c1-15-11-12-24(17-8-4-6-10-19(17)26-15)21(25)14-23(2)13-20-22-16-7-3-5-9-18(16)27-20/h3-10,15H,11-14H2,1-2H3/p+1/t15-/m0/s1. The molecule has 2 aromatic carbocycles. The summed E-state index contributed by atoms with van der Waals surface area (Å²) in [5.74, 6) is 0.191. The van der Waals surface area contributed by atoms with E-state index in [1.165, 1.54) is 14.5 Å². The normalized spacial score (nSPS) is 18.1. The fraction of sp³-hybridized carbons (Fsp3) is 0.333. The van der Waals surface area contributed by atoms with Crippen LogP contribution in [0.15, 0.2) is 53.4 Å². The number of benzene rings is 2. The van der Waals surface area contributed by atoms with Crippen LogP contribution < -0.4 is 9.80 Å². The summed E-state index contributed by atoms with van der Waals surface area (Å²) in [6, 6.07) is 16.5. The molecule has 2 heterocycles. The maximum Gasteiger partial charge on any atom is 0.282 e. The van der Waals surface area contributed by atoms with Gasteiger partial charge in [-0.2, -0.15) is 0 Å². The van der Waals surface area contributed by atoms with Crippen LogP contribution in [0.1, 0.15) is 18.4 Å². The molecule has 0 saturated carbocycles. The highest BCUT2D eigenvalue weighted by molar-refractivity contribution is 8.00. The van der Waals surface area contributed by atoms with E-state index in [0.29, 0.717) is 11.8 Å². The highest BCUT2D eigenvalue weighted by atomic mass is 32.2. The van der Waals surface area contributed by atoms with Crippen molar-refractivity contribution in [3.63, 3.8) is 0 Å². The van der Waals surface area contributed by atoms with E-state index in [1.54, 1.807) is 11.3 Å². The average molecular weight is 399 g/mol. The number of hydrogen-bond acceptors (Lipinski definition) is 4. The van der Waals surface area contributed by atoms with Gasteiger partial charge in [0.1, 0.15) is 11.6 Å². The number of rotatable bonds is 4. The largest absolute Gasteiger partial charge is 0.324 e. The summed E-state index contributed by atoms with van der Waals surface area (Å²) in [5, 5.41) is 1.61. The van der Waals surface area contributed by atoms with Gasteiger partial charge in [-0.15, -0.1) is 23.1 Å². The summed E-state index contributed by atoms with van der Waals surface area (Å²) in [7, 11) is 2.07. The van der Waals surface area contributed by atoms with Gasteiger partial charge in [0, 0.05) is 16.7 Å². The predicted octanol–water partition coefficient (Wildman–Crippen LogP) is 3.23. The molecule has 0 saturated heterocycles. The Morgan fingerprint density at radius 3 is 2.85 bits per heavy atom. The number of thiazole rings is 1. The Morgan fingerprint density at radius 2 is 2.00 bits per heavy atom. The van der Waals surface area contributed by atoms with E-state index in [1.807, 2.05) is 40.9 Å². The van der Waals surface area contributed by atoms with Gasteiger partial charge in [-0.3, -0.25) is 4.79 Å². The Morgan fingerprint density at radius 1 is 1.22 bits per heavy atom.